The van der Waals surface area contributed by atoms with E-state index in [1.165, 1.54) is 0 Å². The Morgan fingerprint density at radius 2 is 2.06 bits per heavy atom. The number of nitrogens with zero attached hydrogens (tertiary/aromatic N) is 2. The average Bonchev–Trinajstić information content (AvgIpc) is 2.35. The molecule has 0 heterocycles. The van der Waals surface area contributed by atoms with Crippen molar-refractivity contribution in [2.24, 2.45) is 5.73 Å². The van der Waals surface area contributed by atoms with Gasteiger partial charge in [0, 0.05) is 25.3 Å². The van der Waals surface area contributed by atoms with Crippen LogP contribution in [0.5, 0.6) is 0 Å². The highest BCUT2D eigenvalue weighted by molar-refractivity contribution is 5.46. The molecule has 1 rings (SSSR count). The number of nitriles is 1. The van der Waals surface area contributed by atoms with E-state index < -0.39 is 6.10 Å². The Labute approximate surface area is 95.9 Å². The standard InChI is InChI=1S/C12H17N3O/c13-7-4-8-15(10-12(16)9-14)11-5-2-1-3-6-11/h1-3,5-6,12,16H,4,8-10,14H2. The lowest BCUT2D eigenvalue weighted by Crippen LogP contribution is -2.37. The van der Waals surface area contributed by atoms with Gasteiger partial charge in [-0.05, 0) is 12.1 Å². The summed E-state index contributed by atoms with van der Waals surface area (Å²) in [7, 11) is 0. The number of hydrogen-bond donors (Lipinski definition) is 2. The van der Waals surface area contributed by atoms with E-state index >= 15 is 0 Å². The molecule has 0 aliphatic heterocycles. The molecule has 0 saturated heterocycles. The molecule has 4 heteroatoms. The van der Waals surface area contributed by atoms with Crippen molar-refractivity contribution in [2.45, 2.75) is 12.5 Å². The minimum absolute atomic E-state index is 0.232. The van der Waals surface area contributed by atoms with Crippen molar-refractivity contribution in [3.63, 3.8) is 0 Å². The predicted octanol–water partition coefficient (Wildman–Crippen LogP) is 0.726. The number of anilines is 1. The van der Waals surface area contributed by atoms with Gasteiger partial charge in [0.05, 0.1) is 18.6 Å². The highest BCUT2D eigenvalue weighted by Gasteiger charge is 2.10. The Hall–Kier alpha value is -1.57. The number of aliphatic hydroxyl groups is 1. The van der Waals surface area contributed by atoms with E-state index in [1.807, 2.05) is 35.2 Å². The average molecular weight is 219 g/mol. The second-order valence-corrected chi connectivity index (χ2v) is 3.58. The monoisotopic (exact) mass is 219 g/mol. The Morgan fingerprint density at radius 3 is 2.62 bits per heavy atom. The fourth-order valence-electron chi connectivity index (χ4n) is 1.48. The molecule has 4 nitrogen and oxygen atoms in total. The molecule has 86 valence electrons. The molecule has 0 aliphatic carbocycles. The third-order valence-electron chi connectivity index (χ3n) is 2.32. The minimum Gasteiger partial charge on any atom is -0.390 e. The Kier molecular flexibility index (Phi) is 5.34. The van der Waals surface area contributed by atoms with E-state index in [0.29, 0.717) is 19.5 Å². The molecule has 0 radical (unpaired) electrons. The summed E-state index contributed by atoms with van der Waals surface area (Å²) in [5.74, 6) is 0. The summed E-state index contributed by atoms with van der Waals surface area (Å²) in [6, 6.07) is 11.8. The molecule has 3 N–H and O–H groups in total. The molecule has 1 aromatic carbocycles. The fraction of sp³-hybridized carbons (Fsp3) is 0.417. The lowest BCUT2D eigenvalue weighted by atomic mass is 10.2. The summed E-state index contributed by atoms with van der Waals surface area (Å²) in [4.78, 5) is 1.97. The van der Waals surface area contributed by atoms with Gasteiger partial charge in [-0.3, -0.25) is 0 Å². The van der Waals surface area contributed by atoms with Crippen LogP contribution in [0, 0.1) is 11.3 Å². The Bertz CT molecular complexity index is 334. The van der Waals surface area contributed by atoms with Crippen molar-refractivity contribution in [2.75, 3.05) is 24.5 Å². The summed E-state index contributed by atoms with van der Waals surface area (Å²) in [5, 5.41) is 18.1. The highest BCUT2D eigenvalue weighted by atomic mass is 16.3. The Balaban J connectivity index is 2.68. The van der Waals surface area contributed by atoms with E-state index in [1.54, 1.807) is 0 Å². The van der Waals surface area contributed by atoms with Gasteiger partial charge in [0.1, 0.15) is 0 Å². The smallest absolute Gasteiger partial charge is 0.0836 e. The molecular weight excluding hydrogens is 202 g/mol. The van der Waals surface area contributed by atoms with Crippen molar-refractivity contribution < 1.29 is 5.11 Å². The zero-order valence-electron chi connectivity index (χ0n) is 9.21. The molecule has 0 amide bonds. The van der Waals surface area contributed by atoms with Crippen LogP contribution in [0.4, 0.5) is 5.69 Å². The number of rotatable bonds is 6. The molecule has 0 aliphatic rings. The maximum atomic E-state index is 9.54. The number of aliphatic hydroxyl groups excluding tert-OH is 1. The van der Waals surface area contributed by atoms with Gasteiger partial charge in [-0.1, -0.05) is 18.2 Å². The van der Waals surface area contributed by atoms with E-state index in [9.17, 15) is 5.11 Å². The first-order valence-electron chi connectivity index (χ1n) is 5.33. The highest BCUT2D eigenvalue weighted by Crippen LogP contribution is 2.13. The van der Waals surface area contributed by atoms with Crippen LogP contribution in [0.3, 0.4) is 0 Å². The van der Waals surface area contributed by atoms with Gasteiger partial charge in [0.15, 0.2) is 0 Å². The van der Waals surface area contributed by atoms with Crippen molar-refractivity contribution in [3.8, 4) is 6.07 Å². The second kappa shape index (κ2) is 6.83. The number of hydrogen-bond acceptors (Lipinski definition) is 4. The molecule has 0 bridgehead atoms. The first-order chi connectivity index (χ1) is 7.77. The van der Waals surface area contributed by atoms with E-state index in [2.05, 4.69) is 6.07 Å². The van der Waals surface area contributed by atoms with Crippen molar-refractivity contribution in [3.05, 3.63) is 30.3 Å². The van der Waals surface area contributed by atoms with Crippen LogP contribution in [-0.2, 0) is 0 Å². The van der Waals surface area contributed by atoms with Crippen molar-refractivity contribution in [1.29, 1.82) is 5.26 Å². The van der Waals surface area contributed by atoms with Gasteiger partial charge < -0.3 is 15.7 Å². The van der Waals surface area contributed by atoms with Crippen LogP contribution in [0.25, 0.3) is 0 Å². The van der Waals surface area contributed by atoms with Gasteiger partial charge in [-0.2, -0.15) is 5.26 Å². The van der Waals surface area contributed by atoms with Gasteiger partial charge in [0.2, 0.25) is 0 Å². The largest absolute Gasteiger partial charge is 0.390 e. The SMILES string of the molecule is N#CCCN(CC(O)CN)c1ccccc1. The molecule has 16 heavy (non-hydrogen) atoms. The molecule has 0 spiro atoms. The summed E-state index contributed by atoms with van der Waals surface area (Å²) in [6.07, 6.45) is -0.120. The third kappa shape index (κ3) is 3.89. The number of nitrogens with two attached hydrogens (primary N) is 1. The molecular formula is C12H17N3O. The second-order valence-electron chi connectivity index (χ2n) is 3.58. The van der Waals surface area contributed by atoms with E-state index in [4.69, 9.17) is 11.0 Å². The number of para-hydroxylation sites is 1. The summed E-state index contributed by atoms with van der Waals surface area (Å²) in [6.45, 7) is 1.30. The van der Waals surface area contributed by atoms with Crippen LogP contribution in [0.1, 0.15) is 6.42 Å². The lowest BCUT2D eigenvalue weighted by molar-refractivity contribution is 0.188. The summed E-state index contributed by atoms with van der Waals surface area (Å²) in [5.41, 5.74) is 6.39. The maximum absolute atomic E-state index is 9.54. The minimum atomic E-state index is -0.557. The molecule has 0 saturated carbocycles. The summed E-state index contributed by atoms with van der Waals surface area (Å²) >= 11 is 0. The van der Waals surface area contributed by atoms with Crippen LogP contribution >= 0.6 is 0 Å². The predicted molar refractivity (Wildman–Crippen MR) is 63.9 cm³/mol. The van der Waals surface area contributed by atoms with Crippen LogP contribution < -0.4 is 10.6 Å². The van der Waals surface area contributed by atoms with Crippen molar-refractivity contribution >= 4 is 5.69 Å². The van der Waals surface area contributed by atoms with E-state index in [0.717, 1.165) is 5.69 Å². The topological polar surface area (TPSA) is 73.3 Å². The van der Waals surface area contributed by atoms with Gasteiger partial charge in [0.25, 0.3) is 0 Å². The van der Waals surface area contributed by atoms with Crippen molar-refractivity contribution in [1.82, 2.24) is 0 Å². The first-order valence-corrected chi connectivity index (χ1v) is 5.33. The zero-order chi connectivity index (χ0) is 11.8. The molecule has 1 unspecified atom stereocenters. The van der Waals surface area contributed by atoms with Crippen LogP contribution in [0.2, 0.25) is 0 Å². The van der Waals surface area contributed by atoms with Gasteiger partial charge in [-0.25, -0.2) is 0 Å². The van der Waals surface area contributed by atoms with E-state index in [-0.39, 0.29) is 6.54 Å². The molecule has 0 fully saturated rings. The third-order valence-corrected chi connectivity index (χ3v) is 2.32. The van der Waals surface area contributed by atoms with Gasteiger partial charge in [-0.15, -0.1) is 0 Å². The molecule has 1 aromatic rings. The van der Waals surface area contributed by atoms with Gasteiger partial charge >= 0.3 is 0 Å². The lowest BCUT2D eigenvalue weighted by Gasteiger charge is -2.25. The van der Waals surface area contributed by atoms with Crippen LogP contribution in [-0.4, -0.2) is 30.8 Å². The Morgan fingerprint density at radius 1 is 1.38 bits per heavy atom. The zero-order valence-corrected chi connectivity index (χ0v) is 9.21. The molecule has 1 atom stereocenters. The first kappa shape index (κ1) is 12.5. The fourth-order valence-corrected chi connectivity index (χ4v) is 1.48. The summed E-state index contributed by atoms with van der Waals surface area (Å²) < 4.78 is 0. The normalized spacial score (nSPS) is 11.8. The quantitative estimate of drug-likeness (QED) is 0.739. The molecule has 0 aromatic heterocycles. The van der Waals surface area contributed by atoms with Crippen LogP contribution in [0.15, 0.2) is 30.3 Å². The maximum Gasteiger partial charge on any atom is 0.0836 e. The number of benzene rings is 1.